The van der Waals surface area contributed by atoms with E-state index in [4.69, 9.17) is 0 Å². The predicted molar refractivity (Wildman–Crippen MR) is 97.8 cm³/mol. The Kier molecular flexibility index (Phi) is 4.83. The van der Waals surface area contributed by atoms with Crippen LogP contribution in [0.15, 0.2) is 36.5 Å². The first-order valence-electron chi connectivity index (χ1n) is 8.49. The number of hydrogen-bond donors (Lipinski definition) is 1. The smallest absolute Gasteiger partial charge is 0.228 e. The second kappa shape index (κ2) is 7.04. The van der Waals surface area contributed by atoms with Gasteiger partial charge >= 0.3 is 0 Å². The molecule has 7 nitrogen and oxygen atoms in total. The fraction of sp³-hybridized carbons (Fsp3) is 0.444. The van der Waals surface area contributed by atoms with E-state index in [0.717, 1.165) is 24.7 Å². The fourth-order valence-electron chi connectivity index (χ4n) is 2.74. The Labute approximate surface area is 148 Å². The summed E-state index contributed by atoms with van der Waals surface area (Å²) in [4.78, 5) is 20.6. The molecule has 0 aromatic carbocycles. The molecule has 1 aliphatic rings. The third kappa shape index (κ3) is 4.23. The van der Waals surface area contributed by atoms with Gasteiger partial charge in [-0.05, 0) is 24.3 Å². The van der Waals surface area contributed by atoms with Crippen molar-refractivity contribution in [3.05, 3.63) is 36.5 Å². The molecule has 1 aliphatic heterocycles. The van der Waals surface area contributed by atoms with Crippen molar-refractivity contribution in [2.45, 2.75) is 20.8 Å². The van der Waals surface area contributed by atoms with E-state index >= 15 is 0 Å². The Morgan fingerprint density at radius 1 is 1.00 bits per heavy atom. The maximum absolute atomic E-state index is 12.3. The Hall–Kier alpha value is -2.70. The molecule has 132 valence electrons. The van der Waals surface area contributed by atoms with Gasteiger partial charge in [0.1, 0.15) is 5.82 Å². The summed E-state index contributed by atoms with van der Waals surface area (Å²) in [5, 5.41) is 11.6. The lowest BCUT2D eigenvalue weighted by molar-refractivity contribution is -0.139. The lowest BCUT2D eigenvalue weighted by atomic mass is 9.94. The normalized spacial score (nSPS) is 15.2. The lowest BCUT2D eigenvalue weighted by Crippen LogP contribution is -2.51. The fourth-order valence-corrected chi connectivity index (χ4v) is 2.74. The number of aromatic nitrogens is 3. The second-order valence-electron chi connectivity index (χ2n) is 7.15. The number of carbonyl (C=O) groups is 1. The lowest BCUT2D eigenvalue weighted by Gasteiger charge is -2.38. The molecule has 2 aromatic rings. The van der Waals surface area contributed by atoms with E-state index in [2.05, 4.69) is 25.4 Å². The van der Waals surface area contributed by atoms with Gasteiger partial charge in [0.15, 0.2) is 11.6 Å². The minimum Gasteiger partial charge on any atom is -0.352 e. The summed E-state index contributed by atoms with van der Waals surface area (Å²) < 4.78 is 0. The maximum Gasteiger partial charge on any atom is 0.228 e. The van der Waals surface area contributed by atoms with Gasteiger partial charge in [0.25, 0.3) is 0 Å². The zero-order valence-corrected chi connectivity index (χ0v) is 14.9. The molecule has 3 heterocycles. The molecule has 0 saturated carbocycles. The first kappa shape index (κ1) is 17.1. The summed E-state index contributed by atoms with van der Waals surface area (Å²) in [5.74, 6) is 2.42. The first-order valence-corrected chi connectivity index (χ1v) is 8.49. The summed E-state index contributed by atoms with van der Waals surface area (Å²) in [6.07, 6.45) is 1.72. The van der Waals surface area contributed by atoms with Gasteiger partial charge in [-0.1, -0.05) is 26.8 Å². The quantitative estimate of drug-likeness (QED) is 0.924. The monoisotopic (exact) mass is 340 g/mol. The Balaban J connectivity index is 1.58. The van der Waals surface area contributed by atoms with Crippen molar-refractivity contribution in [3.8, 4) is 0 Å². The maximum atomic E-state index is 12.3. The van der Waals surface area contributed by atoms with Crippen molar-refractivity contribution in [1.29, 1.82) is 0 Å². The molecule has 1 amide bonds. The van der Waals surface area contributed by atoms with E-state index in [1.54, 1.807) is 6.20 Å². The second-order valence-corrected chi connectivity index (χ2v) is 7.15. The molecule has 3 rings (SSSR count). The zero-order valence-electron chi connectivity index (χ0n) is 14.9. The van der Waals surface area contributed by atoms with Gasteiger partial charge in [-0.3, -0.25) is 4.79 Å². The van der Waals surface area contributed by atoms with E-state index in [0.29, 0.717) is 18.9 Å². The van der Waals surface area contributed by atoms with Gasteiger partial charge in [0.2, 0.25) is 5.91 Å². The number of rotatable bonds is 3. The molecule has 0 aliphatic carbocycles. The van der Waals surface area contributed by atoms with Crippen molar-refractivity contribution in [1.82, 2.24) is 20.1 Å². The van der Waals surface area contributed by atoms with Crippen LogP contribution in [0.25, 0.3) is 0 Å². The largest absolute Gasteiger partial charge is 0.352 e. The van der Waals surface area contributed by atoms with E-state index in [1.807, 2.05) is 56.0 Å². The minimum atomic E-state index is -0.333. The van der Waals surface area contributed by atoms with Crippen LogP contribution in [-0.2, 0) is 4.79 Å². The van der Waals surface area contributed by atoms with Crippen molar-refractivity contribution < 1.29 is 4.79 Å². The Bertz CT molecular complexity index is 703. The van der Waals surface area contributed by atoms with Crippen LogP contribution < -0.4 is 10.2 Å². The predicted octanol–water partition coefficient (Wildman–Crippen LogP) is 2.31. The Morgan fingerprint density at radius 2 is 1.76 bits per heavy atom. The zero-order chi connectivity index (χ0) is 17.9. The van der Waals surface area contributed by atoms with Gasteiger partial charge in [0.05, 0.1) is 0 Å². The van der Waals surface area contributed by atoms with E-state index in [1.165, 1.54) is 0 Å². The number of nitrogens with one attached hydrogen (secondary N) is 1. The third-order valence-electron chi connectivity index (χ3n) is 4.10. The van der Waals surface area contributed by atoms with Crippen molar-refractivity contribution in [2.24, 2.45) is 5.41 Å². The standard InChI is InChI=1S/C18H24N6O/c1-18(2,3)17(25)24-12-10-23(11-13-24)16-8-7-15(21-22-16)20-14-6-4-5-9-19-14/h4-9H,10-13H2,1-3H3,(H,19,20,21). The van der Waals surface area contributed by atoms with Crippen molar-refractivity contribution in [3.63, 3.8) is 0 Å². The Morgan fingerprint density at radius 3 is 2.32 bits per heavy atom. The molecular weight excluding hydrogens is 316 g/mol. The molecule has 0 atom stereocenters. The highest BCUT2D eigenvalue weighted by atomic mass is 16.2. The number of pyridine rings is 1. The number of amides is 1. The summed E-state index contributed by atoms with van der Waals surface area (Å²) in [5.41, 5.74) is -0.333. The van der Waals surface area contributed by atoms with Gasteiger partial charge in [-0.2, -0.15) is 0 Å². The van der Waals surface area contributed by atoms with Crippen LogP contribution in [0.5, 0.6) is 0 Å². The highest BCUT2D eigenvalue weighted by Crippen LogP contribution is 2.21. The molecule has 0 spiro atoms. The van der Waals surface area contributed by atoms with Gasteiger partial charge in [-0.15, -0.1) is 10.2 Å². The number of nitrogens with zero attached hydrogens (tertiary/aromatic N) is 5. The minimum absolute atomic E-state index is 0.202. The SMILES string of the molecule is CC(C)(C)C(=O)N1CCN(c2ccc(Nc3ccccn3)nn2)CC1. The molecule has 7 heteroatoms. The molecule has 1 saturated heterocycles. The van der Waals surface area contributed by atoms with Crippen LogP contribution in [0.1, 0.15) is 20.8 Å². The van der Waals surface area contributed by atoms with Crippen LogP contribution in [-0.4, -0.2) is 52.2 Å². The highest BCUT2D eigenvalue weighted by molar-refractivity contribution is 5.81. The summed E-state index contributed by atoms with van der Waals surface area (Å²) in [7, 11) is 0. The summed E-state index contributed by atoms with van der Waals surface area (Å²) >= 11 is 0. The van der Waals surface area contributed by atoms with Crippen LogP contribution >= 0.6 is 0 Å². The summed E-state index contributed by atoms with van der Waals surface area (Å²) in [6.45, 7) is 8.84. The van der Waals surface area contributed by atoms with Crippen molar-refractivity contribution in [2.75, 3.05) is 36.4 Å². The van der Waals surface area contributed by atoms with E-state index in [-0.39, 0.29) is 11.3 Å². The molecule has 1 N–H and O–H groups in total. The molecule has 0 unspecified atom stereocenters. The molecular formula is C18H24N6O. The molecule has 2 aromatic heterocycles. The van der Waals surface area contributed by atoms with Gasteiger partial charge in [-0.25, -0.2) is 4.98 Å². The highest BCUT2D eigenvalue weighted by Gasteiger charge is 2.29. The third-order valence-corrected chi connectivity index (χ3v) is 4.10. The number of piperazine rings is 1. The summed E-state index contributed by atoms with van der Waals surface area (Å²) in [6, 6.07) is 9.49. The van der Waals surface area contributed by atoms with Crippen LogP contribution in [0.4, 0.5) is 17.5 Å². The van der Waals surface area contributed by atoms with E-state index < -0.39 is 0 Å². The van der Waals surface area contributed by atoms with Crippen LogP contribution in [0.2, 0.25) is 0 Å². The average Bonchev–Trinajstić information content (AvgIpc) is 2.62. The van der Waals surface area contributed by atoms with Gasteiger partial charge < -0.3 is 15.1 Å². The number of carbonyl (C=O) groups excluding carboxylic acids is 1. The van der Waals surface area contributed by atoms with Crippen LogP contribution in [0, 0.1) is 5.41 Å². The molecule has 0 radical (unpaired) electrons. The number of hydrogen-bond acceptors (Lipinski definition) is 6. The first-order chi connectivity index (χ1) is 11.9. The molecule has 0 bridgehead atoms. The van der Waals surface area contributed by atoms with Gasteiger partial charge in [0, 0.05) is 37.8 Å². The average molecular weight is 340 g/mol. The van der Waals surface area contributed by atoms with Crippen LogP contribution in [0.3, 0.4) is 0 Å². The van der Waals surface area contributed by atoms with E-state index in [9.17, 15) is 4.79 Å². The number of anilines is 3. The molecule has 25 heavy (non-hydrogen) atoms. The van der Waals surface area contributed by atoms with Crippen molar-refractivity contribution >= 4 is 23.4 Å². The topological polar surface area (TPSA) is 74.2 Å². The molecule has 1 fully saturated rings.